The van der Waals surface area contributed by atoms with E-state index < -0.39 is 23.7 Å². The number of halogens is 5. The zero-order valence-electron chi connectivity index (χ0n) is 11.6. The Labute approximate surface area is 122 Å². The van der Waals surface area contributed by atoms with Crippen LogP contribution in [0.4, 0.5) is 32.4 Å². The molecule has 4 nitrogen and oxygen atoms in total. The number of hydrogen-bond donors (Lipinski definition) is 2. The number of nitrogens with zero attached hydrogens (tertiary/aromatic N) is 1. The van der Waals surface area contributed by atoms with Crippen molar-refractivity contribution in [3.63, 3.8) is 0 Å². The molecule has 0 aliphatic heterocycles. The van der Waals surface area contributed by atoms with E-state index in [1.54, 1.807) is 6.07 Å². The number of amides is 2. The van der Waals surface area contributed by atoms with Crippen molar-refractivity contribution in [1.29, 1.82) is 5.26 Å². The molecule has 120 valence electrons. The van der Waals surface area contributed by atoms with Gasteiger partial charge in [0.15, 0.2) is 5.54 Å². The zero-order valence-corrected chi connectivity index (χ0v) is 11.6. The van der Waals surface area contributed by atoms with E-state index in [9.17, 15) is 26.7 Å². The van der Waals surface area contributed by atoms with E-state index in [2.05, 4.69) is 0 Å². The van der Waals surface area contributed by atoms with Crippen LogP contribution < -0.4 is 10.6 Å². The molecule has 0 aliphatic rings. The Morgan fingerprint density at radius 3 is 2.23 bits per heavy atom. The van der Waals surface area contributed by atoms with Gasteiger partial charge in [0, 0.05) is 12.6 Å². The van der Waals surface area contributed by atoms with Crippen molar-refractivity contribution < 1.29 is 26.7 Å². The number of rotatable bonds is 3. The Morgan fingerprint density at radius 2 is 1.77 bits per heavy atom. The van der Waals surface area contributed by atoms with Gasteiger partial charge in [0.1, 0.15) is 0 Å². The second-order valence-electron chi connectivity index (χ2n) is 4.78. The Kier molecular flexibility index (Phi) is 4.65. The van der Waals surface area contributed by atoms with E-state index in [1.165, 1.54) is 29.6 Å². The molecule has 2 amide bonds. The largest absolute Gasteiger partial charge is 0.417 e. The minimum atomic E-state index is -5.36. The van der Waals surface area contributed by atoms with Crippen LogP contribution in [0.1, 0.15) is 19.4 Å². The summed E-state index contributed by atoms with van der Waals surface area (Å²) in [5, 5.41) is 11.9. The van der Waals surface area contributed by atoms with Gasteiger partial charge < -0.3 is 10.6 Å². The molecule has 0 saturated heterocycles. The highest BCUT2D eigenvalue weighted by atomic mass is 19.4. The summed E-state index contributed by atoms with van der Waals surface area (Å²) in [5.74, 6) is -4.24. The first-order chi connectivity index (χ1) is 9.90. The first-order valence-electron chi connectivity index (χ1n) is 5.94. The fraction of sp³-hybridized carbons (Fsp3) is 0.385. The van der Waals surface area contributed by atoms with Crippen molar-refractivity contribution in [2.24, 2.45) is 0 Å². The lowest BCUT2D eigenvalue weighted by Crippen LogP contribution is -2.66. The Morgan fingerprint density at radius 1 is 1.18 bits per heavy atom. The van der Waals surface area contributed by atoms with Gasteiger partial charge in [0.05, 0.1) is 11.6 Å². The molecule has 0 spiro atoms. The van der Waals surface area contributed by atoms with Crippen molar-refractivity contribution in [2.45, 2.75) is 31.5 Å². The highest BCUT2D eigenvalue weighted by Gasteiger charge is 2.65. The monoisotopic (exact) mass is 321 g/mol. The number of hydrogen-bond acceptors (Lipinski definition) is 2. The maximum Gasteiger partial charge on any atom is 0.417 e. The highest BCUT2D eigenvalue weighted by Crippen LogP contribution is 2.41. The summed E-state index contributed by atoms with van der Waals surface area (Å²) >= 11 is 0. The third-order valence-corrected chi connectivity index (χ3v) is 3.06. The number of alkyl halides is 5. The standard InChI is InChI=1S/C13H12F5N3O/c1-11(12(2,14)15,13(16,17)18)21-10(22)20-9-5-3-4-8(6-9)7-19/h3-6H,1-2H3,(H2,20,21,22). The topological polar surface area (TPSA) is 64.9 Å². The molecule has 9 heteroatoms. The molecule has 0 heterocycles. The van der Waals surface area contributed by atoms with Gasteiger partial charge in [-0.2, -0.15) is 18.4 Å². The summed E-state index contributed by atoms with van der Waals surface area (Å²) in [6.45, 7) is 0.259. The van der Waals surface area contributed by atoms with Gasteiger partial charge in [-0.15, -0.1) is 0 Å². The molecule has 0 saturated carbocycles. The Hall–Kier alpha value is -2.37. The molecule has 1 rings (SSSR count). The third-order valence-electron chi connectivity index (χ3n) is 3.06. The summed E-state index contributed by atoms with van der Waals surface area (Å²) in [4.78, 5) is 11.6. The summed E-state index contributed by atoms with van der Waals surface area (Å²) in [5.41, 5.74) is -3.59. The van der Waals surface area contributed by atoms with Crippen LogP contribution in [0, 0.1) is 11.3 Å². The van der Waals surface area contributed by atoms with E-state index in [0.717, 1.165) is 0 Å². The molecule has 1 atom stereocenters. The Balaban J connectivity index is 2.96. The van der Waals surface area contributed by atoms with Crippen molar-refractivity contribution >= 4 is 11.7 Å². The molecule has 1 unspecified atom stereocenters. The molecule has 0 aliphatic carbocycles. The Bertz CT molecular complexity index is 587. The van der Waals surface area contributed by atoms with Crippen LogP contribution in [-0.4, -0.2) is 23.7 Å². The number of urea groups is 1. The number of benzene rings is 1. The van der Waals surface area contributed by atoms with Gasteiger partial charge in [-0.25, -0.2) is 13.6 Å². The van der Waals surface area contributed by atoms with Crippen LogP contribution in [0.5, 0.6) is 0 Å². The number of carbonyl (C=O) groups is 1. The smallest absolute Gasteiger partial charge is 0.319 e. The first-order valence-corrected chi connectivity index (χ1v) is 5.94. The molecule has 0 aromatic heterocycles. The molecular weight excluding hydrogens is 309 g/mol. The normalized spacial score (nSPS) is 14.6. The number of anilines is 1. The van der Waals surface area contributed by atoms with Gasteiger partial charge in [-0.05, 0) is 25.1 Å². The molecule has 22 heavy (non-hydrogen) atoms. The highest BCUT2D eigenvalue weighted by molar-refractivity contribution is 5.90. The molecular formula is C13H12F5N3O. The van der Waals surface area contributed by atoms with Crippen molar-refractivity contribution in [3.8, 4) is 6.07 Å². The number of carbonyl (C=O) groups excluding carboxylic acids is 1. The van der Waals surface area contributed by atoms with Crippen molar-refractivity contribution in [1.82, 2.24) is 5.32 Å². The minimum absolute atomic E-state index is 0.000457. The van der Waals surface area contributed by atoms with E-state index in [-0.39, 0.29) is 25.1 Å². The summed E-state index contributed by atoms with van der Waals surface area (Å²) in [6, 6.07) is 5.58. The lowest BCUT2D eigenvalue weighted by atomic mass is 9.94. The zero-order chi connectivity index (χ0) is 17.2. The quantitative estimate of drug-likeness (QED) is 0.835. The van der Waals surface area contributed by atoms with E-state index in [4.69, 9.17) is 5.26 Å². The van der Waals surface area contributed by atoms with Crippen molar-refractivity contribution in [2.75, 3.05) is 5.32 Å². The molecule has 1 aromatic rings. The lowest BCUT2D eigenvalue weighted by Gasteiger charge is -2.37. The summed E-state index contributed by atoms with van der Waals surface area (Å²) in [6.07, 6.45) is -5.36. The molecule has 0 fully saturated rings. The van der Waals surface area contributed by atoms with Gasteiger partial charge in [-0.3, -0.25) is 0 Å². The lowest BCUT2D eigenvalue weighted by molar-refractivity contribution is -0.249. The van der Waals surface area contributed by atoms with Crippen LogP contribution in [0.15, 0.2) is 24.3 Å². The number of nitrogens with one attached hydrogen (secondary N) is 2. The fourth-order valence-corrected chi connectivity index (χ4v) is 1.49. The molecule has 1 aromatic carbocycles. The third kappa shape index (κ3) is 3.63. The second kappa shape index (κ2) is 5.79. The van der Waals surface area contributed by atoms with Crippen LogP contribution >= 0.6 is 0 Å². The summed E-state index contributed by atoms with van der Waals surface area (Å²) in [7, 11) is 0. The second-order valence-corrected chi connectivity index (χ2v) is 4.78. The maximum absolute atomic E-state index is 13.3. The molecule has 2 N–H and O–H groups in total. The first kappa shape index (κ1) is 17.7. The minimum Gasteiger partial charge on any atom is -0.319 e. The SMILES string of the molecule is CC(F)(F)C(C)(NC(=O)Nc1cccc(C#N)c1)C(F)(F)F. The van der Waals surface area contributed by atoms with Crippen LogP contribution in [0.25, 0.3) is 0 Å². The van der Waals surface area contributed by atoms with Crippen LogP contribution in [0.2, 0.25) is 0 Å². The van der Waals surface area contributed by atoms with Gasteiger partial charge in [0.2, 0.25) is 0 Å². The van der Waals surface area contributed by atoms with Gasteiger partial charge in [0.25, 0.3) is 5.92 Å². The van der Waals surface area contributed by atoms with Crippen LogP contribution in [-0.2, 0) is 0 Å². The van der Waals surface area contributed by atoms with Gasteiger partial charge >= 0.3 is 12.2 Å². The van der Waals surface area contributed by atoms with Gasteiger partial charge in [-0.1, -0.05) is 6.07 Å². The average Bonchev–Trinajstić information content (AvgIpc) is 2.36. The van der Waals surface area contributed by atoms with E-state index in [1.807, 2.05) is 5.32 Å². The fourth-order valence-electron chi connectivity index (χ4n) is 1.49. The van der Waals surface area contributed by atoms with Crippen molar-refractivity contribution in [3.05, 3.63) is 29.8 Å². The molecule has 0 radical (unpaired) electrons. The number of nitriles is 1. The predicted octanol–water partition coefficient (Wildman–Crippen LogP) is 3.66. The maximum atomic E-state index is 13.3. The summed E-state index contributed by atoms with van der Waals surface area (Å²) < 4.78 is 65.1. The predicted molar refractivity (Wildman–Crippen MR) is 68.4 cm³/mol. The van der Waals surface area contributed by atoms with E-state index >= 15 is 0 Å². The molecule has 0 bridgehead atoms. The van der Waals surface area contributed by atoms with Crippen LogP contribution in [0.3, 0.4) is 0 Å². The average molecular weight is 321 g/mol. The van der Waals surface area contributed by atoms with E-state index in [0.29, 0.717) is 0 Å².